The molecule has 2 aromatic rings. The lowest BCUT2D eigenvalue weighted by Crippen LogP contribution is -3.00. The number of ether oxygens (including phenoxy) is 1. The molecule has 4 nitrogen and oxygen atoms in total. The van der Waals surface area contributed by atoms with Crippen LogP contribution in [-0.4, -0.2) is 41.3 Å². The number of quaternary nitrogens is 1. The SMILES string of the molecule is C[C@H](c1ccccc1)[N+]1(C)CC2CC[C@@H]1C2OC(=O)C(O)(c1cccs1)C1CCCCCC1.[I-]. The Labute approximate surface area is 225 Å². The number of benzene rings is 1. The minimum Gasteiger partial charge on any atom is -1.00 e. The van der Waals surface area contributed by atoms with E-state index in [1.54, 1.807) is 0 Å². The highest BCUT2D eigenvalue weighted by Gasteiger charge is 2.61. The summed E-state index contributed by atoms with van der Waals surface area (Å²) in [6.07, 6.45) is 8.38. The molecule has 2 bridgehead atoms. The topological polar surface area (TPSA) is 46.5 Å². The number of thiophene rings is 1. The van der Waals surface area contributed by atoms with Gasteiger partial charge in [-0.15, -0.1) is 11.3 Å². The van der Waals surface area contributed by atoms with Gasteiger partial charge < -0.3 is 38.3 Å². The summed E-state index contributed by atoms with van der Waals surface area (Å²) in [5, 5.41) is 13.9. The zero-order valence-electron chi connectivity index (χ0n) is 20.4. The van der Waals surface area contributed by atoms with E-state index < -0.39 is 11.6 Å². The van der Waals surface area contributed by atoms with Gasteiger partial charge in [0.1, 0.15) is 12.1 Å². The number of halogens is 1. The standard InChI is InChI=1S/C28H38NO3S.HI/c1-20(21-11-6-5-7-12-21)29(2)19-22-16-17-24(29)26(22)32-27(30)28(31,25-15-10-18-33-25)23-13-8-3-4-9-14-23;/h5-7,10-12,15,18,20,22-24,26,31H,3-4,8-9,13-14,16-17,19H2,1-2H3;1H/q+1;/p-1/t20-,22?,24-,26?,28?,29?;/m1./s1. The highest BCUT2D eigenvalue weighted by Crippen LogP contribution is 2.50. The van der Waals surface area contributed by atoms with Crippen molar-refractivity contribution in [3.63, 3.8) is 0 Å². The Bertz CT molecular complexity index is 946. The van der Waals surface area contributed by atoms with Gasteiger partial charge >= 0.3 is 5.97 Å². The van der Waals surface area contributed by atoms with Crippen molar-refractivity contribution >= 4 is 17.3 Å². The summed E-state index contributed by atoms with van der Waals surface area (Å²) in [7, 11) is 2.33. The van der Waals surface area contributed by atoms with Crippen molar-refractivity contribution < 1.29 is 43.1 Å². The van der Waals surface area contributed by atoms with E-state index in [1.165, 1.54) is 29.7 Å². The molecule has 1 aromatic heterocycles. The van der Waals surface area contributed by atoms with Gasteiger partial charge in [-0.05, 0) is 37.6 Å². The Morgan fingerprint density at radius 3 is 2.41 bits per heavy atom. The van der Waals surface area contributed by atoms with Crippen molar-refractivity contribution in [2.75, 3.05) is 13.6 Å². The highest BCUT2D eigenvalue weighted by atomic mass is 127. The quantitative estimate of drug-likeness (QED) is 0.242. The van der Waals surface area contributed by atoms with Crippen molar-refractivity contribution in [1.82, 2.24) is 0 Å². The van der Waals surface area contributed by atoms with Crippen molar-refractivity contribution in [2.24, 2.45) is 11.8 Å². The van der Waals surface area contributed by atoms with Gasteiger partial charge in [0, 0.05) is 22.8 Å². The number of esters is 1. The minimum absolute atomic E-state index is 0. The lowest BCUT2D eigenvalue weighted by atomic mass is 9.80. The van der Waals surface area contributed by atoms with Crippen LogP contribution in [-0.2, 0) is 15.1 Å². The molecule has 3 fully saturated rings. The van der Waals surface area contributed by atoms with E-state index >= 15 is 0 Å². The number of likely N-dealkylation sites (N-methyl/N-ethyl adjacent to an activating group) is 1. The summed E-state index contributed by atoms with van der Waals surface area (Å²) >= 11 is 1.48. The number of piperidine rings is 1. The van der Waals surface area contributed by atoms with Crippen LogP contribution in [0.3, 0.4) is 0 Å². The number of carbonyl (C=O) groups excluding carboxylic acids is 1. The first-order valence-corrected chi connectivity index (χ1v) is 13.7. The number of fused-ring (bicyclic) bond motifs is 2. The van der Waals surface area contributed by atoms with Gasteiger partial charge in [0.25, 0.3) is 0 Å². The van der Waals surface area contributed by atoms with Gasteiger partial charge in [-0.2, -0.15) is 0 Å². The maximum absolute atomic E-state index is 13.8. The van der Waals surface area contributed by atoms with Crippen LogP contribution in [0.1, 0.15) is 74.8 Å². The van der Waals surface area contributed by atoms with Crippen molar-refractivity contribution in [1.29, 1.82) is 0 Å². The van der Waals surface area contributed by atoms with Crippen molar-refractivity contribution in [3.8, 4) is 0 Å². The highest BCUT2D eigenvalue weighted by molar-refractivity contribution is 7.10. The number of rotatable bonds is 6. The smallest absolute Gasteiger partial charge is 0.344 e. The fourth-order valence-electron chi connectivity index (χ4n) is 7.06. The van der Waals surface area contributed by atoms with Crippen LogP contribution in [0, 0.1) is 11.8 Å². The Hall–Kier alpha value is -0.960. The average Bonchev–Trinajstić information content (AvgIpc) is 3.50. The maximum Gasteiger partial charge on any atom is 0.344 e. The molecule has 1 N–H and O–H groups in total. The Balaban J connectivity index is 0.00000274. The third-order valence-corrected chi connectivity index (χ3v) is 10.1. The van der Waals surface area contributed by atoms with Crippen LogP contribution in [0.25, 0.3) is 0 Å². The molecule has 34 heavy (non-hydrogen) atoms. The first kappa shape index (κ1) is 26.1. The van der Waals surface area contributed by atoms with Crippen molar-refractivity contribution in [2.45, 2.75) is 82.1 Å². The summed E-state index contributed by atoms with van der Waals surface area (Å²) in [5.74, 6) is -0.0919. The van der Waals surface area contributed by atoms with Crippen LogP contribution >= 0.6 is 11.3 Å². The van der Waals surface area contributed by atoms with Crippen LogP contribution < -0.4 is 24.0 Å². The largest absolute Gasteiger partial charge is 1.00 e. The summed E-state index contributed by atoms with van der Waals surface area (Å²) in [6, 6.07) is 15.2. The molecule has 186 valence electrons. The normalized spacial score (nSPS) is 31.8. The Morgan fingerprint density at radius 1 is 1.06 bits per heavy atom. The first-order valence-electron chi connectivity index (χ1n) is 12.8. The van der Waals surface area contributed by atoms with Gasteiger partial charge in [0.2, 0.25) is 0 Å². The second-order valence-corrected chi connectivity index (χ2v) is 11.8. The lowest BCUT2D eigenvalue weighted by molar-refractivity contribution is -0.954. The second kappa shape index (κ2) is 10.6. The van der Waals surface area contributed by atoms with Crippen LogP contribution in [0.4, 0.5) is 0 Å². The third-order valence-electron chi connectivity index (χ3n) is 9.13. The van der Waals surface area contributed by atoms with Crippen LogP contribution in [0.5, 0.6) is 0 Å². The molecule has 5 rings (SSSR count). The molecule has 4 unspecified atom stereocenters. The minimum atomic E-state index is -1.52. The molecule has 0 radical (unpaired) electrons. The fraction of sp³-hybridized carbons (Fsp3) is 0.607. The maximum atomic E-state index is 13.8. The monoisotopic (exact) mass is 595 g/mol. The predicted octanol–water partition coefficient (Wildman–Crippen LogP) is 2.82. The van der Waals surface area contributed by atoms with Gasteiger partial charge in [-0.25, -0.2) is 4.79 Å². The number of nitrogens with zero attached hydrogens (tertiary/aromatic N) is 1. The third kappa shape index (κ3) is 4.48. The Morgan fingerprint density at radius 2 is 1.76 bits per heavy atom. The number of hydrogen-bond acceptors (Lipinski definition) is 4. The Kier molecular flexibility index (Phi) is 8.12. The zero-order chi connectivity index (χ0) is 23.1. The van der Waals surface area contributed by atoms with E-state index in [2.05, 4.69) is 44.3 Å². The molecule has 0 amide bonds. The van der Waals surface area contributed by atoms with Gasteiger partial charge in [-0.3, -0.25) is 0 Å². The number of aliphatic hydroxyl groups is 1. The average molecular weight is 596 g/mol. The summed E-state index contributed by atoms with van der Waals surface area (Å²) in [4.78, 5) is 14.6. The van der Waals surface area contributed by atoms with E-state index in [0.29, 0.717) is 12.0 Å². The van der Waals surface area contributed by atoms with Crippen LogP contribution in [0.2, 0.25) is 0 Å². The van der Waals surface area contributed by atoms with E-state index in [0.717, 1.165) is 54.4 Å². The summed E-state index contributed by atoms with van der Waals surface area (Å²) in [5.41, 5.74) is -0.180. The first-order chi connectivity index (χ1) is 15.9. The number of hydrogen-bond donors (Lipinski definition) is 1. The van der Waals surface area contributed by atoms with Gasteiger partial charge in [-0.1, -0.05) is 62.1 Å². The molecule has 1 saturated heterocycles. The molecule has 6 heteroatoms. The van der Waals surface area contributed by atoms with E-state index in [-0.39, 0.29) is 42.0 Å². The molecular formula is C28H38INO3S. The molecule has 2 heterocycles. The number of likely N-dealkylation sites (tertiary alicyclic amines) is 1. The lowest BCUT2D eigenvalue weighted by Gasteiger charge is -2.43. The predicted molar refractivity (Wildman–Crippen MR) is 132 cm³/mol. The second-order valence-electron chi connectivity index (χ2n) is 10.8. The van der Waals surface area contributed by atoms with Crippen molar-refractivity contribution in [3.05, 3.63) is 58.3 Å². The van der Waals surface area contributed by atoms with E-state index in [1.807, 2.05) is 17.5 Å². The zero-order valence-corrected chi connectivity index (χ0v) is 23.3. The molecular weight excluding hydrogens is 557 g/mol. The number of carbonyl (C=O) groups is 1. The summed E-state index contributed by atoms with van der Waals surface area (Å²) in [6.45, 7) is 3.34. The van der Waals surface area contributed by atoms with Crippen LogP contribution in [0.15, 0.2) is 47.8 Å². The molecule has 1 aliphatic heterocycles. The molecule has 2 saturated carbocycles. The van der Waals surface area contributed by atoms with Gasteiger partial charge in [0.15, 0.2) is 11.7 Å². The van der Waals surface area contributed by atoms with Gasteiger partial charge in [0.05, 0.1) is 19.5 Å². The molecule has 0 spiro atoms. The van der Waals surface area contributed by atoms with E-state index in [9.17, 15) is 9.90 Å². The molecule has 2 aliphatic carbocycles. The molecule has 1 aromatic carbocycles. The molecule has 3 aliphatic rings. The summed E-state index contributed by atoms with van der Waals surface area (Å²) < 4.78 is 7.28. The van der Waals surface area contributed by atoms with E-state index in [4.69, 9.17) is 4.74 Å². The molecule has 6 atom stereocenters. The fourth-order valence-corrected chi connectivity index (χ4v) is 7.95.